The lowest BCUT2D eigenvalue weighted by Crippen LogP contribution is -2.54. The fourth-order valence-electron chi connectivity index (χ4n) is 2.42. The number of nitrogens with one attached hydrogen (secondary N) is 1. The van der Waals surface area contributed by atoms with Crippen LogP contribution < -0.4 is 5.32 Å². The van der Waals surface area contributed by atoms with Gasteiger partial charge in [-0.05, 0) is 24.5 Å². The van der Waals surface area contributed by atoms with E-state index in [2.05, 4.69) is 24.4 Å². The molecule has 1 fully saturated rings. The van der Waals surface area contributed by atoms with Crippen molar-refractivity contribution in [1.82, 2.24) is 10.2 Å². The molecule has 2 amide bonds. The fourth-order valence-corrected chi connectivity index (χ4v) is 2.42. The zero-order chi connectivity index (χ0) is 14.5. The van der Waals surface area contributed by atoms with Gasteiger partial charge in [-0.3, -0.25) is 4.79 Å². The first-order valence-electron chi connectivity index (χ1n) is 6.85. The third kappa shape index (κ3) is 3.73. The molecule has 0 atom stereocenters. The van der Waals surface area contributed by atoms with E-state index < -0.39 is 5.97 Å². The summed E-state index contributed by atoms with van der Waals surface area (Å²) in [5, 5.41) is 11.5. The number of benzene rings is 1. The highest BCUT2D eigenvalue weighted by Crippen LogP contribution is 2.18. The maximum atomic E-state index is 11.8. The van der Waals surface area contributed by atoms with Crippen molar-refractivity contribution < 1.29 is 14.7 Å². The first-order chi connectivity index (χ1) is 9.56. The molecule has 108 valence electrons. The molecule has 0 radical (unpaired) electrons. The largest absolute Gasteiger partial charge is 0.481 e. The molecule has 0 unspecified atom stereocenters. The van der Waals surface area contributed by atoms with E-state index in [9.17, 15) is 9.59 Å². The number of carbonyl (C=O) groups is 2. The molecule has 20 heavy (non-hydrogen) atoms. The minimum Gasteiger partial charge on any atom is -0.481 e. The average Bonchev–Trinajstić information content (AvgIpc) is 2.35. The van der Waals surface area contributed by atoms with E-state index in [0.29, 0.717) is 19.6 Å². The Morgan fingerprint density at radius 3 is 2.70 bits per heavy atom. The number of amides is 2. The minimum atomic E-state index is -0.797. The summed E-state index contributed by atoms with van der Waals surface area (Å²) in [6.45, 7) is 3.75. The van der Waals surface area contributed by atoms with Crippen molar-refractivity contribution in [2.45, 2.75) is 19.8 Å². The number of hydrogen-bond acceptors (Lipinski definition) is 2. The van der Waals surface area contributed by atoms with Gasteiger partial charge in [0.1, 0.15) is 0 Å². The van der Waals surface area contributed by atoms with Crippen molar-refractivity contribution in [1.29, 1.82) is 0 Å². The third-order valence-corrected chi connectivity index (χ3v) is 3.64. The maximum absolute atomic E-state index is 11.8. The number of carboxylic acid groups (broad SMARTS) is 1. The Balaban J connectivity index is 1.67. The molecule has 0 saturated carbocycles. The molecule has 0 aliphatic carbocycles. The molecule has 0 spiro atoms. The van der Waals surface area contributed by atoms with E-state index in [-0.39, 0.29) is 18.4 Å². The average molecular weight is 276 g/mol. The normalized spacial score (nSPS) is 14.8. The lowest BCUT2D eigenvalue weighted by atomic mass is 9.97. The van der Waals surface area contributed by atoms with Crippen LogP contribution in [0.4, 0.5) is 4.79 Å². The Hall–Kier alpha value is -2.04. The smallest absolute Gasteiger partial charge is 0.317 e. The Morgan fingerprint density at radius 2 is 2.05 bits per heavy atom. The summed E-state index contributed by atoms with van der Waals surface area (Å²) in [7, 11) is 0. The van der Waals surface area contributed by atoms with Gasteiger partial charge in [0.15, 0.2) is 0 Å². The Kier molecular flexibility index (Phi) is 4.61. The highest BCUT2D eigenvalue weighted by atomic mass is 16.4. The molecule has 5 nitrogen and oxygen atoms in total. The van der Waals surface area contributed by atoms with Crippen LogP contribution in [0.5, 0.6) is 0 Å². The molecule has 1 saturated heterocycles. The van der Waals surface area contributed by atoms with Gasteiger partial charge in [0.2, 0.25) is 0 Å². The number of aryl methyl sites for hydroxylation is 1. The molecule has 1 aliphatic heterocycles. The summed E-state index contributed by atoms with van der Waals surface area (Å²) < 4.78 is 0. The van der Waals surface area contributed by atoms with Crippen molar-refractivity contribution in [2.24, 2.45) is 5.92 Å². The van der Waals surface area contributed by atoms with Crippen molar-refractivity contribution in [3.8, 4) is 0 Å². The second-order valence-corrected chi connectivity index (χ2v) is 5.28. The molecule has 1 aliphatic rings. The topological polar surface area (TPSA) is 69.6 Å². The van der Waals surface area contributed by atoms with Gasteiger partial charge in [-0.1, -0.05) is 24.3 Å². The second-order valence-electron chi connectivity index (χ2n) is 5.28. The molecular weight excluding hydrogens is 256 g/mol. The first kappa shape index (κ1) is 14.4. The van der Waals surface area contributed by atoms with Crippen LogP contribution in [0.1, 0.15) is 17.5 Å². The van der Waals surface area contributed by atoms with E-state index in [4.69, 9.17) is 5.11 Å². The molecule has 0 aromatic heterocycles. The summed E-state index contributed by atoms with van der Waals surface area (Å²) >= 11 is 0. The molecule has 1 heterocycles. The first-order valence-corrected chi connectivity index (χ1v) is 6.85. The van der Waals surface area contributed by atoms with E-state index in [1.807, 2.05) is 12.1 Å². The van der Waals surface area contributed by atoms with Crippen LogP contribution in [-0.4, -0.2) is 41.6 Å². The standard InChI is InChI=1S/C15H20N2O3/c1-11-4-2-3-5-13(11)6-7-16-15(20)17-9-12(10-17)8-14(18)19/h2-5,12H,6-10H2,1H3,(H,16,20)(H,18,19). The SMILES string of the molecule is Cc1ccccc1CCNC(=O)N1CC(CC(=O)O)C1. The highest BCUT2D eigenvalue weighted by Gasteiger charge is 2.31. The fraction of sp³-hybridized carbons (Fsp3) is 0.467. The molecule has 0 bridgehead atoms. The van der Waals surface area contributed by atoms with Gasteiger partial charge in [-0.25, -0.2) is 4.79 Å². The van der Waals surface area contributed by atoms with Crippen molar-refractivity contribution in [3.63, 3.8) is 0 Å². The molecule has 5 heteroatoms. The van der Waals surface area contributed by atoms with Gasteiger partial charge < -0.3 is 15.3 Å². The van der Waals surface area contributed by atoms with Crippen LogP contribution in [0.25, 0.3) is 0 Å². The molecular formula is C15H20N2O3. The highest BCUT2D eigenvalue weighted by molar-refractivity contribution is 5.75. The van der Waals surface area contributed by atoms with Crippen molar-refractivity contribution >= 4 is 12.0 Å². The summed E-state index contributed by atoms with van der Waals surface area (Å²) in [6, 6.07) is 8.02. The van der Waals surface area contributed by atoms with E-state index >= 15 is 0 Å². The number of carbonyl (C=O) groups excluding carboxylic acids is 1. The summed E-state index contributed by atoms with van der Waals surface area (Å²) in [6.07, 6.45) is 0.956. The van der Waals surface area contributed by atoms with Crippen LogP contribution in [-0.2, 0) is 11.2 Å². The van der Waals surface area contributed by atoms with Crippen LogP contribution in [0, 0.1) is 12.8 Å². The van der Waals surface area contributed by atoms with Crippen LogP contribution in [0.2, 0.25) is 0 Å². The lowest BCUT2D eigenvalue weighted by Gasteiger charge is -2.38. The monoisotopic (exact) mass is 276 g/mol. The number of aliphatic carboxylic acids is 1. The van der Waals surface area contributed by atoms with Gasteiger partial charge in [0, 0.05) is 25.6 Å². The summed E-state index contributed by atoms with van der Waals surface area (Å²) in [4.78, 5) is 24.0. The zero-order valence-electron chi connectivity index (χ0n) is 11.6. The van der Waals surface area contributed by atoms with E-state index in [1.165, 1.54) is 11.1 Å². The Labute approximate surface area is 118 Å². The summed E-state index contributed by atoms with van der Waals surface area (Å²) in [5.41, 5.74) is 2.47. The van der Waals surface area contributed by atoms with Gasteiger partial charge >= 0.3 is 12.0 Å². The van der Waals surface area contributed by atoms with Crippen LogP contribution in [0.3, 0.4) is 0 Å². The van der Waals surface area contributed by atoms with Crippen molar-refractivity contribution in [3.05, 3.63) is 35.4 Å². The van der Waals surface area contributed by atoms with Gasteiger partial charge in [-0.15, -0.1) is 0 Å². The molecule has 2 N–H and O–H groups in total. The van der Waals surface area contributed by atoms with Crippen LogP contribution in [0.15, 0.2) is 24.3 Å². The number of carboxylic acids is 1. The number of urea groups is 1. The Morgan fingerprint density at radius 1 is 1.35 bits per heavy atom. The number of rotatable bonds is 5. The number of hydrogen-bond donors (Lipinski definition) is 2. The van der Waals surface area contributed by atoms with E-state index in [0.717, 1.165) is 6.42 Å². The van der Waals surface area contributed by atoms with E-state index in [1.54, 1.807) is 4.90 Å². The Bertz CT molecular complexity index is 496. The molecule has 1 aromatic carbocycles. The van der Waals surface area contributed by atoms with Gasteiger partial charge in [-0.2, -0.15) is 0 Å². The van der Waals surface area contributed by atoms with Gasteiger partial charge in [0.25, 0.3) is 0 Å². The second kappa shape index (κ2) is 6.41. The minimum absolute atomic E-state index is 0.0970. The maximum Gasteiger partial charge on any atom is 0.317 e. The zero-order valence-corrected chi connectivity index (χ0v) is 11.6. The lowest BCUT2D eigenvalue weighted by molar-refractivity contribution is -0.139. The predicted octanol–water partition coefficient (Wildman–Crippen LogP) is 1.65. The molecule has 1 aromatic rings. The quantitative estimate of drug-likeness (QED) is 0.859. The number of nitrogens with zero attached hydrogens (tertiary/aromatic N) is 1. The van der Waals surface area contributed by atoms with Crippen molar-refractivity contribution in [2.75, 3.05) is 19.6 Å². The molecule has 2 rings (SSSR count). The van der Waals surface area contributed by atoms with Gasteiger partial charge in [0.05, 0.1) is 6.42 Å². The van der Waals surface area contributed by atoms with Crippen LogP contribution >= 0.6 is 0 Å². The number of likely N-dealkylation sites (tertiary alicyclic amines) is 1. The third-order valence-electron chi connectivity index (χ3n) is 3.64. The summed E-state index contributed by atoms with van der Waals surface area (Å²) in [5.74, 6) is -0.691. The predicted molar refractivity (Wildman–Crippen MR) is 75.6 cm³/mol.